The van der Waals surface area contributed by atoms with Crippen LogP contribution in [0.15, 0.2) is 17.1 Å². The van der Waals surface area contributed by atoms with Gasteiger partial charge in [0, 0.05) is 37.8 Å². The van der Waals surface area contributed by atoms with E-state index in [2.05, 4.69) is 36.3 Å². The summed E-state index contributed by atoms with van der Waals surface area (Å²) in [5.74, 6) is 3.35. The molecule has 2 N–H and O–H groups in total. The average Bonchev–Trinajstić information content (AvgIpc) is 2.79. The highest BCUT2D eigenvalue weighted by molar-refractivity contribution is 14.0. The Morgan fingerprint density at radius 3 is 2.31 bits per heavy atom. The largest absolute Gasteiger partial charge is 0.493 e. The highest BCUT2D eigenvalue weighted by Gasteiger charge is 2.23. The molecule has 184 valence electrons. The summed E-state index contributed by atoms with van der Waals surface area (Å²) in [5.41, 5.74) is 1.05. The maximum Gasteiger partial charge on any atom is 0.203 e. The molecule has 0 spiro atoms. The first-order chi connectivity index (χ1) is 15.0. The summed E-state index contributed by atoms with van der Waals surface area (Å²) < 4.78 is 22.0. The number of aliphatic imine (C=N–C) groups is 1. The molecule has 1 saturated heterocycles. The van der Waals surface area contributed by atoms with Crippen molar-refractivity contribution in [1.29, 1.82) is 0 Å². The lowest BCUT2D eigenvalue weighted by atomic mass is 10.0. The third kappa shape index (κ3) is 8.15. The van der Waals surface area contributed by atoms with Crippen LogP contribution in [-0.2, 0) is 11.2 Å². The molecule has 9 heteroatoms. The molecule has 1 aliphatic heterocycles. The molecule has 1 atom stereocenters. The number of morpholine rings is 1. The fourth-order valence-electron chi connectivity index (χ4n) is 3.86. The molecule has 0 radical (unpaired) electrons. The summed E-state index contributed by atoms with van der Waals surface area (Å²) in [6, 6.07) is 4.33. The van der Waals surface area contributed by atoms with E-state index in [1.807, 2.05) is 12.1 Å². The minimum Gasteiger partial charge on any atom is -0.493 e. The summed E-state index contributed by atoms with van der Waals surface area (Å²) in [7, 11) is 4.90. The van der Waals surface area contributed by atoms with Gasteiger partial charge >= 0.3 is 0 Å². The van der Waals surface area contributed by atoms with Crippen LogP contribution in [0.1, 0.15) is 26.3 Å². The highest BCUT2D eigenvalue weighted by Crippen LogP contribution is 2.39. The van der Waals surface area contributed by atoms with E-state index < -0.39 is 0 Å². The van der Waals surface area contributed by atoms with Crippen molar-refractivity contribution < 1.29 is 18.9 Å². The quantitative estimate of drug-likeness (QED) is 0.243. The molecule has 1 aliphatic rings. The summed E-state index contributed by atoms with van der Waals surface area (Å²) in [4.78, 5) is 7.38. The molecule has 8 nitrogen and oxygen atoms in total. The third-order valence-corrected chi connectivity index (χ3v) is 5.54. The fraction of sp³-hybridized carbons (Fsp3) is 0.696. The molecule has 0 saturated carbocycles. The zero-order valence-corrected chi connectivity index (χ0v) is 22.7. The molecule has 0 amide bonds. The van der Waals surface area contributed by atoms with E-state index in [-0.39, 0.29) is 24.0 Å². The Labute approximate surface area is 210 Å². The molecule has 2 rings (SSSR count). The van der Waals surface area contributed by atoms with Gasteiger partial charge in [-0.05, 0) is 25.3 Å². The van der Waals surface area contributed by atoms with E-state index in [1.54, 1.807) is 21.3 Å². The molecule has 1 fully saturated rings. The molecule has 32 heavy (non-hydrogen) atoms. The van der Waals surface area contributed by atoms with Crippen LogP contribution in [0.4, 0.5) is 0 Å². The van der Waals surface area contributed by atoms with Crippen LogP contribution in [0.3, 0.4) is 0 Å². The number of ether oxygens (including phenoxy) is 4. The van der Waals surface area contributed by atoms with Crippen molar-refractivity contribution in [2.75, 3.05) is 67.3 Å². The smallest absolute Gasteiger partial charge is 0.203 e. The maximum atomic E-state index is 5.59. The number of nitrogens with zero attached hydrogens (tertiary/aromatic N) is 2. The maximum absolute atomic E-state index is 5.59. The van der Waals surface area contributed by atoms with Gasteiger partial charge in [-0.2, -0.15) is 0 Å². The second-order valence-corrected chi connectivity index (χ2v) is 7.85. The third-order valence-electron chi connectivity index (χ3n) is 5.54. The van der Waals surface area contributed by atoms with Gasteiger partial charge in [0.25, 0.3) is 0 Å². The summed E-state index contributed by atoms with van der Waals surface area (Å²) >= 11 is 0. The normalized spacial score (nSPS) is 15.7. The molecule has 1 aromatic rings. The molecule has 1 aromatic carbocycles. The first-order valence-electron chi connectivity index (χ1n) is 11.2. The van der Waals surface area contributed by atoms with Crippen LogP contribution in [0, 0.1) is 5.92 Å². The van der Waals surface area contributed by atoms with E-state index in [0.717, 1.165) is 63.9 Å². The van der Waals surface area contributed by atoms with Crippen LogP contribution in [0.25, 0.3) is 0 Å². The van der Waals surface area contributed by atoms with Crippen LogP contribution in [0.2, 0.25) is 0 Å². The second kappa shape index (κ2) is 15.4. The Morgan fingerprint density at radius 2 is 1.75 bits per heavy atom. The van der Waals surface area contributed by atoms with Crippen LogP contribution >= 0.6 is 24.0 Å². The Balaban J connectivity index is 0.00000512. The van der Waals surface area contributed by atoms with Gasteiger partial charge in [0.05, 0.1) is 41.1 Å². The van der Waals surface area contributed by atoms with Crippen molar-refractivity contribution in [3.63, 3.8) is 0 Å². The molecule has 1 unspecified atom stereocenters. The Morgan fingerprint density at radius 1 is 1.06 bits per heavy atom. The minimum absolute atomic E-state index is 0. The van der Waals surface area contributed by atoms with E-state index in [0.29, 0.717) is 29.2 Å². The number of hydrogen-bond donors (Lipinski definition) is 2. The number of halogens is 1. The van der Waals surface area contributed by atoms with Crippen molar-refractivity contribution in [3.8, 4) is 17.2 Å². The zero-order chi connectivity index (χ0) is 22.6. The molecular weight excluding hydrogens is 523 g/mol. The topological polar surface area (TPSA) is 76.6 Å². The van der Waals surface area contributed by atoms with E-state index in [4.69, 9.17) is 23.9 Å². The average molecular weight is 565 g/mol. The van der Waals surface area contributed by atoms with Crippen molar-refractivity contribution >= 4 is 29.9 Å². The Bertz CT molecular complexity index is 697. The SMILES string of the molecule is CCNC(=NCC(C(C)C)N1CCOCC1)NCCc1ccc(OC)c(OC)c1OC.I. The second-order valence-electron chi connectivity index (χ2n) is 7.85. The summed E-state index contributed by atoms with van der Waals surface area (Å²) in [6.07, 6.45) is 0.769. The number of guanidine groups is 1. The number of benzene rings is 1. The van der Waals surface area contributed by atoms with Crippen LogP contribution in [-0.4, -0.2) is 84.2 Å². The number of rotatable bonds is 11. The monoisotopic (exact) mass is 564 g/mol. The lowest BCUT2D eigenvalue weighted by molar-refractivity contribution is 0.00867. The van der Waals surface area contributed by atoms with Crippen LogP contribution in [0.5, 0.6) is 17.2 Å². The Hall–Kier alpha value is -1.46. The van der Waals surface area contributed by atoms with E-state index in [1.165, 1.54) is 0 Å². The first kappa shape index (κ1) is 28.6. The minimum atomic E-state index is 0. The van der Waals surface area contributed by atoms with Gasteiger partial charge in [0.1, 0.15) is 0 Å². The van der Waals surface area contributed by atoms with Crippen molar-refractivity contribution in [1.82, 2.24) is 15.5 Å². The van der Waals surface area contributed by atoms with Gasteiger partial charge in [0.15, 0.2) is 17.5 Å². The van der Waals surface area contributed by atoms with Gasteiger partial charge in [-0.15, -0.1) is 24.0 Å². The molecule has 1 heterocycles. The van der Waals surface area contributed by atoms with E-state index in [9.17, 15) is 0 Å². The van der Waals surface area contributed by atoms with Gasteiger partial charge in [-0.25, -0.2) is 0 Å². The molecule has 0 aromatic heterocycles. The number of hydrogen-bond acceptors (Lipinski definition) is 6. The standard InChI is InChI=1S/C23H40N4O4.HI/c1-7-24-23(26-16-19(17(2)3)27-12-14-31-15-13-27)25-11-10-18-8-9-20(28-4)22(30-6)21(18)29-5;/h8-9,17,19H,7,10-16H2,1-6H3,(H2,24,25,26);1H. The van der Waals surface area contributed by atoms with Crippen molar-refractivity contribution in [2.45, 2.75) is 33.2 Å². The molecule has 0 bridgehead atoms. The first-order valence-corrected chi connectivity index (χ1v) is 11.2. The fourth-order valence-corrected chi connectivity index (χ4v) is 3.86. The van der Waals surface area contributed by atoms with E-state index >= 15 is 0 Å². The molecule has 0 aliphatic carbocycles. The summed E-state index contributed by atoms with van der Waals surface area (Å²) in [6.45, 7) is 12.5. The van der Waals surface area contributed by atoms with Crippen molar-refractivity contribution in [3.05, 3.63) is 17.7 Å². The number of nitrogens with one attached hydrogen (secondary N) is 2. The van der Waals surface area contributed by atoms with Gasteiger partial charge < -0.3 is 29.6 Å². The Kier molecular flexibility index (Phi) is 13.7. The van der Waals surface area contributed by atoms with Crippen molar-refractivity contribution in [2.24, 2.45) is 10.9 Å². The van der Waals surface area contributed by atoms with Gasteiger partial charge in [-0.3, -0.25) is 9.89 Å². The molecular formula is C23H41IN4O4. The highest BCUT2D eigenvalue weighted by atomic mass is 127. The predicted molar refractivity (Wildman–Crippen MR) is 140 cm³/mol. The lowest BCUT2D eigenvalue weighted by Gasteiger charge is -2.36. The predicted octanol–water partition coefficient (Wildman–Crippen LogP) is 2.78. The van der Waals surface area contributed by atoms with Crippen LogP contribution < -0.4 is 24.8 Å². The number of methoxy groups -OCH3 is 3. The van der Waals surface area contributed by atoms with Gasteiger partial charge in [0.2, 0.25) is 5.75 Å². The lowest BCUT2D eigenvalue weighted by Crippen LogP contribution is -2.48. The zero-order valence-electron chi connectivity index (χ0n) is 20.4. The summed E-state index contributed by atoms with van der Waals surface area (Å²) in [5, 5.41) is 6.81. The van der Waals surface area contributed by atoms with Gasteiger partial charge in [-0.1, -0.05) is 19.9 Å².